The molecule has 1 aliphatic rings. The van der Waals surface area contributed by atoms with Gasteiger partial charge in [-0.2, -0.15) is 0 Å². The molecule has 2 N–H and O–H groups in total. The Hall–Kier alpha value is -1.58. The van der Waals surface area contributed by atoms with Crippen LogP contribution in [0.25, 0.3) is 10.8 Å². The van der Waals surface area contributed by atoms with Gasteiger partial charge in [-0.05, 0) is 41.8 Å². The van der Waals surface area contributed by atoms with E-state index < -0.39 is 0 Å². The van der Waals surface area contributed by atoms with Crippen LogP contribution in [0.4, 0.5) is 0 Å². The van der Waals surface area contributed by atoms with Crippen LogP contribution >= 0.6 is 12.4 Å². The number of amides is 1. The molecule has 4 heteroatoms. The molecule has 1 amide bonds. The molecule has 2 aromatic rings. The summed E-state index contributed by atoms with van der Waals surface area (Å²) in [6.45, 7) is 4.68. The largest absolute Gasteiger partial charge is 0.356 e. The number of carbonyl (C=O) groups is 1. The Labute approximate surface area is 137 Å². The molecule has 1 unspecified atom stereocenters. The van der Waals surface area contributed by atoms with E-state index in [1.165, 1.54) is 16.3 Å². The summed E-state index contributed by atoms with van der Waals surface area (Å²) in [5.74, 6) is 0.802. The van der Waals surface area contributed by atoms with Crippen molar-refractivity contribution < 1.29 is 4.79 Å². The molecule has 1 atom stereocenters. The minimum Gasteiger partial charge on any atom is -0.356 e. The average Bonchev–Trinajstić information content (AvgIpc) is 2.45. The van der Waals surface area contributed by atoms with Crippen molar-refractivity contribution in [1.29, 1.82) is 0 Å². The van der Waals surface area contributed by atoms with Crippen molar-refractivity contribution in [3.05, 3.63) is 48.0 Å². The van der Waals surface area contributed by atoms with Gasteiger partial charge in [-0.15, -0.1) is 12.4 Å². The maximum absolute atomic E-state index is 12.0. The van der Waals surface area contributed by atoms with Gasteiger partial charge in [-0.3, -0.25) is 4.79 Å². The van der Waals surface area contributed by atoms with Crippen molar-refractivity contribution in [2.75, 3.05) is 19.6 Å². The highest BCUT2D eigenvalue weighted by Crippen LogP contribution is 2.17. The van der Waals surface area contributed by atoms with Crippen molar-refractivity contribution in [2.45, 2.75) is 13.3 Å². The van der Waals surface area contributed by atoms with Crippen LogP contribution in [0.5, 0.6) is 0 Å². The van der Waals surface area contributed by atoms with Crippen LogP contribution in [0.2, 0.25) is 0 Å². The second-order valence-corrected chi connectivity index (χ2v) is 5.93. The van der Waals surface area contributed by atoms with Crippen LogP contribution in [0.15, 0.2) is 42.5 Å². The fourth-order valence-electron chi connectivity index (χ4n) is 2.76. The molecule has 0 spiro atoms. The molecule has 3 rings (SSSR count). The average molecular weight is 319 g/mol. The summed E-state index contributed by atoms with van der Waals surface area (Å²) >= 11 is 0. The molecule has 0 saturated carbocycles. The summed E-state index contributed by atoms with van der Waals surface area (Å²) < 4.78 is 0. The lowest BCUT2D eigenvalue weighted by molar-refractivity contribution is -0.126. The van der Waals surface area contributed by atoms with Gasteiger partial charge in [0.25, 0.3) is 0 Å². The Balaban J connectivity index is 0.00000176. The van der Waals surface area contributed by atoms with Crippen LogP contribution in [-0.4, -0.2) is 25.5 Å². The van der Waals surface area contributed by atoms with Crippen LogP contribution in [0.3, 0.4) is 0 Å². The van der Waals surface area contributed by atoms with Gasteiger partial charge in [0.05, 0.1) is 0 Å². The number of carbonyl (C=O) groups excluding carboxylic acids is 1. The molecule has 0 aromatic heterocycles. The summed E-state index contributed by atoms with van der Waals surface area (Å²) in [7, 11) is 0. The Morgan fingerprint density at radius 3 is 2.64 bits per heavy atom. The third kappa shape index (κ3) is 3.79. The molecule has 1 heterocycles. The van der Waals surface area contributed by atoms with Gasteiger partial charge in [-0.1, -0.05) is 49.4 Å². The molecule has 1 aliphatic heterocycles. The van der Waals surface area contributed by atoms with Crippen molar-refractivity contribution in [3.8, 4) is 0 Å². The molecule has 0 radical (unpaired) electrons. The summed E-state index contributed by atoms with van der Waals surface area (Å²) in [6, 6.07) is 14.9. The van der Waals surface area contributed by atoms with Crippen LogP contribution in [-0.2, 0) is 11.2 Å². The Morgan fingerprint density at radius 2 is 1.95 bits per heavy atom. The molecule has 0 bridgehead atoms. The number of rotatable bonds is 5. The SMILES string of the molecule is CC(C(=O)NCCc1ccc2ccccc2c1)C1CNC1.Cl. The second-order valence-electron chi connectivity index (χ2n) is 5.93. The molecule has 3 nitrogen and oxygen atoms in total. The Morgan fingerprint density at radius 1 is 1.23 bits per heavy atom. The maximum atomic E-state index is 12.0. The van der Waals surface area contributed by atoms with Gasteiger partial charge in [-0.25, -0.2) is 0 Å². The van der Waals surface area contributed by atoms with Gasteiger partial charge < -0.3 is 10.6 Å². The first-order chi connectivity index (χ1) is 10.2. The van der Waals surface area contributed by atoms with E-state index in [0.29, 0.717) is 12.5 Å². The van der Waals surface area contributed by atoms with E-state index in [-0.39, 0.29) is 24.2 Å². The van der Waals surface area contributed by atoms with E-state index in [1.54, 1.807) is 0 Å². The zero-order valence-corrected chi connectivity index (χ0v) is 13.7. The predicted octanol–water partition coefficient (Wildman–Crippen LogP) is 2.78. The highest BCUT2D eigenvalue weighted by Gasteiger charge is 2.28. The number of hydrogen-bond acceptors (Lipinski definition) is 2. The summed E-state index contributed by atoms with van der Waals surface area (Å²) in [5, 5.41) is 8.80. The zero-order valence-electron chi connectivity index (χ0n) is 12.8. The fourth-order valence-corrected chi connectivity index (χ4v) is 2.76. The second kappa shape index (κ2) is 7.61. The molecule has 0 aliphatic carbocycles. The third-order valence-electron chi connectivity index (χ3n) is 4.46. The maximum Gasteiger partial charge on any atom is 0.223 e. The quantitative estimate of drug-likeness (QED) is 0.890. The molecule has 22 heavy (non-hydrogen) atoms. The normalized spacial score (nSPS) is 15.7. The van der Waals surface area contributed by atoms with E-state index in [2.05, 4.69) is 53.1 Å². The van der Waals surface area contributed by atoms with E-state index in [4.69, 9.17) is 0 Å². The van der Waals surface area contributed by atoms with Crippen molar-refractivity contribution in [2.24, 2.45) is 11.8 Å². The van der Waals surface area contributed by atoms with Crippen molar-refractivity contribution in [3.63, 3.8) is 0 Å². The molecular formula is C18H23ClN2O. The first kappa shape index (κ1) is 16.8. The fraction of sp³-hybridized carbons (Fsp3) is 0.389. The van der Waals surface area contributed by atoms with E-state index in [9.17, 15) is 4.79 Å². The lowest BCUT2D eigenvalue weighted by atomic mass is 9.88. The van der Waals surface area contributed by atoms with Crippen molar-refractivity contribution >= 4 is 29.1 Å². The van der Waals surface area contributed by atoms with Gasteiger partial charge >= 0.3 is 0 Å². The third-order valence-corrected chi connectivity index (χ3v) is 4.46. The molecule has 1 saturated heterocycles. The number of hydrogen-bond donors (Lipinski definition) is 2. The summed E-state index contributed by atoms with van der Waals surface area (Å²) in [5.41, 5.74) is 1.27. The van der Waals surface area contributed by atoms with Gasteiger partial charge in [0, 0.05) is 12.5 Å². The van der Waals surface area contributed by atoms with Gasteiger partial charge in [0.15, 0.2) is 0 Å². The summed E-state index contributed by atoms with van der Waals surface area (Å²) in [4.78, 5) is 12.0. The van der Waals surface area contributed by atoms with E-state index in [0.717, 1.165) is 19.5 Å². The first-order valence-corrected chi connectivity index (χ1v) is 7.70. The van der Waals surface area contributed by atoms with Gasteiger partial charge in [0.1, 0.15) is 0 Å². The lowest BCUT2D eigenvalue weighted by Crippen LogP contribution is -2.49. The number of benzene rings is 2. The molecule has 2 aromatic carbocycles. The van der Waals surface area contributed by atoms with E-state index >= 15 is 0 Å². The molecular weight excluding hydrogens is 296 g/mol. The lowest BCUT2D eigenvalue weighted by Gasteiger charge is -2.31. The Kier molecular flexibility index (Phi) is 5.81. The standard InChI is InChI=1S/C18H22N2O.ClH/c1-13(17-11-19-12-17)18(21)20-9-8-14-6-7-15-4-2-3-5-16(15)10-14;/h2-7,10,13,17,19H,8-9,11-12H2,1H3,(H,20,21);1H. The number of nitrogens with one attached hydrogen (secondary N) is 2. The predicted molar refractivity (Wildman–Crippen MR) is 93.4 cm³/mol. The highest BCUT2D eigenvalue weighted by atomic mass is 35.5. The van der Waals surface area contributed by atoms with Crippen molar-refractivity contribution in [1.82, 2.24) is 10.6 Å². The topological polar surface area (TPSA) is 41.1 Å². The minimum absolute atomic E-state index is 0. The Bertz CT molecular complexity index is 640. The van der Waals surface area contributed by atoms with Crippen LogP contribution in [0.1, 0.15) is 12.5 Å². The molecule has 118 valence electrons. The molecule has 1 fully saturated rings. The minimum atomic E-state index is 0. The van der Waals surface area contributed by atoms with Crippen LogP contribution in [0, 0.1) is 11.8 Å². The number of halogens is 1. The first-order valence-electron chi connectivity index (χ1n) is 7.70. The van der Waals surface area contributed by atoms with Gasteiger partial charge in [0.2, 0.25) is 5.91 Å². The highest BCUT2D eigenvalue weighted by molar-refractivity contribution is 5.85. The zero-order chi connectivity index (χ0) is 14.7. The smallest absolute Gasteiger partial charge is 0.223 e. The van der Waals surface area contributed by atoms with Crippen LogP contribution < -0.4 is 10.6 Å². The monoisotopic (exact) mass is 318 g/mol. The van der Waals surface area contributed by atoms with E-state index in [1.807, 2.05) is 6.92 Å². The number of fused-ring (bicyclic) bond motifs is 1. The summed E-state index contributed by atoms with van der Waals surface area (Å²) in [6.07, 6.45) is 0.881.